The number of esters is 4. The molecule has 0 unspecified atom stereocenters. The summed E-state index contributed by atoms with van der Waals surface area (Å²) in [5.74, 6) is -2.87. The van der Waals surface area contributed by atoms with Crippen LogP contribution >= 0.6 is 0 Å². The Morgan fingerprint density at radius 2 is 1.35 bits per heavy atom. The highest BCUT2D eigenvalue weighted by Crippen LogP contribution is 2.28. The minimum Gasteiger partial charge on any atom is -0.463 e. The van der Waals surface area contributed by atoms with E-state index < -0.39 is 67.2 Å². The normalized spacial score (nSPS) is 25.2. The van der Waals surface area contributed by atoms with Crippen LogP contribution in [0.3, 0.4) is 0 Å². The molecule has 1 N–H and O–H groups in total. The molecule has 176 valence electrons. The average molecular weight is 447 g/mol. The molecule has 12 heteroatoms. The van der Waals surface area contributed by atoms with E-state index in [1.54, 1.807) is 0 Å². The number of nitrogens with one attached hydrogen (secondary N) is 1. The first kappa shape index (κ1) is 26.1. The fourth-order valence-corrected chi connectivity index (χ4v) is 2.74. The molecule has 0 aromatic carbocycles. The molecule has 1 aliphatic rings. The highest BCUT2D eigenvalue weighted by atomic mass is 16.7. The number of rotatable bonds is 8. The topological polar surface area (TPSA) is 153 Å². The summed E-state index contributed by atoms with van der Waals surface area (Å²) in [7, 11) is 0. The van der Waals surface area contributed by atoms with Crippen LogP contribution in [0.25, 0.3) is 0 Å². The molecule has 1 rings (SSSR count). The van der Waals surface area contributed by atoms with Gasteiger partial charge >= 0.3 is 30.0 Å². The molecule has 0 saturated carbocycles. The Morgan fingerprint density at radius 1 is 0.806 bits per heavy atom. The first-order valence-electron chi connectivity index (χ1n) is 9.64. The van der Waals surface area contributed by atoms with Gasteiger partial charge in [0.15, 0.2) is 12.2 Å². The van der Waals surface area contributed by atoms with Crippen LogP contribution in [0.15, 0.2) is 0 Å². The maximum absolute atomic E-state index is 12.3. The SMILES string of the molecule is CC(=O)OC[C@H]1O[C@@H](OC(C)=O)[C@H](NC(=O)OCC(C)C)[C@@H](OC(C)=O)[C@@H]1OC(C)=O. The summed E-state index contributed by atoms with van der Waals surface area (Å²) in [6, 6.07) is -1.29. The largest absolute Gasteiger partial charge is 0.463 e. The molecule has 31 heavy (non-hydrogen) atoms. The summed E-state index contributed by atoms with van der Waals surface area (Å²) < 4.78 is 31.3. The standard InChI is InChI=1S/C19H29NO11/c1-9(2)7-27-19(25)20-15-17(29-12(5)23)16(28-11(4)22)14(8-26-10(3)21)31-18(15)30-13(6)24/h9,14-18H,7-8H2,1-6H3,(H,20,25)/t14-,15-,16-,17-,18-/m1/s1. The third kappa shape index (κ3) is 9.20. The molecule has 1 heterocycles. The van der Waals surface area contributed by atoms with Gasteiger partial charge in [-0.1, -0.05) is 13.8 Å². The summed E-state index contributed by atoms with van der Waals surface area (Å²) in [4.78, 5) is 58.5. The molecule has 5 atom stereocenters. The van der Waals surface area contributed by atoms with E-state index >= 15 is 0 Å². The Balaban J connectivity index is 3.27. The van der Waals surface area contributed by atoms with Crippen LogP contribution in [0.2, 0.25) is 0 Å². The van der Waals surface area contributed by atoms with Crippen molar-refractivity contribution in [2.75, 3.05) is 13.2 Å². The molecule has 0 bridgehead atoms. The van der Waals surface area contributed by atoms with Crippen molar-refractivity contribution in [3.8, 4) is 0 Å². The van der Waals surface area contributed by atoms with Gasteiger partial charge in [-0.15, -0.1) is 0 Å². The fraction of sp³-hybridized carbons (Fsp3) is 0.737. The minimum absolute atomic E-state index is 0.0452. The molecule has 1 saturated heterocycles. The van der Waals surface area contributed by atoms with E-state index in [4.69, 9.17) is 28.4 Å². The van der Waals surface area contributed by atoms with Gasteiger partial charge in [-0.2, -0.15) is 0 Å². The van der Waals surface area contributed by atoms with Crippen LogP contribution < -0.4 is 5.32 Å². The predicted octanol–water partition coefficient (Wildman–Crippen LogP) is 0.452. The molecular formula is C19H29NO11. The fourth-order valence-electron chi connectivity index (χ4n) is 2.74. The summed E-state index contributed by atoms with van der Waals surface area (Å²) >= 11 is 0. The maximum atomic E-state index is 12.3. The third-order valence-electron chi connectivity index (χ3n) is 3.82. The van der Waals surface area contributed by atoms with Crippen LogP contribution in [0.4, 0.5) is 4.79 Å². The van der Waals surface area contributed by atoms with Crippen LogP contribution in [0, 0.1) is 5.92 Å². The Bertz CT molecular complexity index is 678. The lowest BCUT2D eigenvalue weighted by Crippen LogP contribution is -2.67. The van der Waals surface area contributed by atoms with E-state index in [1.807, 2.05) is 13.8 Å². The van der Waals surface area contributed by atoms with Crippen molar-refractivity contribution in [1.82, 2.24) is 5.32 Å². The number of ether oxygens (including phenoxy) is 6. The van der Waals surface area contributed by atoms with Gasteiger partial charge < -0.3 is 33.7 Å². The minimum atomic E-state index is -1.46. The molecule has 1 amide bonds. The number of carbonyl (C=O) groups is 5. The Hall–Kier alpha value is -2.89. The Labute approximate surface area is 179 Å². The van der Waals surface area contributed by atoms with Crippen LogP contribution in [-0.4, -0.2) is 73.8 Å². The van der Waals surface area contributed by atoms with Gasteiger partial charge in [-0.05, 0) is 5.92 Å². The van der Waals surface area contributed by atoms with E-state index in [2.05, 4.69) is 5.32 Å². The van der Waals surface area contributed by atoms with E-state index in [0.717, 1.165) is 27.7 Å². The van der Waals surface area contributed by atoms with Crippen LogP contribution in [-0.2, 0) is 47.6 Å². The second-order valence-electron chi connectivity index (χ2n) is 7.27. The lowest BCUT2D eigenvalue weighted by Gasteiger charge is -2.44. The molecule has 1 aliphatic heterocycles. The molecule has 0 spiro atoms. The third-order valence-corrected chi connectivity index (χ3v) is 3.82. The van der Waals surface area contributed by atoms with Crippen LogP contribution in [0.1, 0.15) is 41.5 Å². The van der Waals surface area contributed by atoms with Gasteiger partial charge in [0.1, 0.15) is 18.8 Å². The second kappa shape index (κ2) is 12.1. The van der Waals surface area contributed by atoms with Gasteiger partial charge in [0.25, 0.3) is 0 Å². The number of hydrogen-bond donors (Lipinski definition) is 1. The summed E-state index contributed by atoms with van der Waals surface area (Å²) in [5.41, 5.74) is 0. The van der Waals surface area contributed by atoms with E-state index in [0.29, 0.717) is 0 Å². The van der Waals surface area contributed by atoms with Gasteiger partial charge in [0.2, 0.25) is 6.29 Å². The molecule has 0 aromatic rings. The molecular weight excluding hydrogens is 418 g/mol. The molecule has 1 fully saturated rings. The van der Waals surface area contributed by atoms with Crippen molar-refractivity contribution in [1.29, 1.82) is 0 Å². The summed E-state index contributed by atoms with van der Waals surface area (Å²) in [5, 5.41) is 2.43. The van der Waals surface area contributed by atoms with E-state index in [-0.39, 0.29) is 12.5 Å². The smallest absolute Gasteiger partial charge is 0.407 e. The van der Waals surface area contributed by atoms with Gasteiger partial charge in [0.05, 0.1) is 6.61 Å². The first-order valence-corrected chi connectivity index (χ1v) is 9.64. The highest BCUT2D eigenvalue weighted by Gasteiger charge is 2.52. The second-order valence-corrected chi connectivity index (χ2v) is 7.27. The van der Waals surface area contributed by atoms with Crippen molar-refractivity contribution in [2.45, 2.75) is 72.2 Å². The summed E-state index contributed by atoms with van der Waals surface area (Å²) in [6.07, 6.45) is -6.14. The predicted molar refractivity (Wildman–Crippen MR) is 101 cm³/mol. The van der Waals surface area contributed by atoms with E-state index in [1.165, 1.54) is 0 Å². The van der Waals surface area contributed by atoms with E-state index in [9.17, 15) is 24.0 Å². The number of hydrogen-bond acceptors (Lipinski definition) is 11. The van der Waals surface area contributed by atoms with Gasteiger partial charge in [-0.3, -0.25) is 19.2 Å². The lowest BCUT2D eigenvalue weighted by molar-refractivity contribution is -0.270. The maximum Gasteiger partial charge on any atom is 0.407 e. The zero-order chi connectivity index (χ0) is 23.7. The van der Waals surface area contributed by atoms with Crippen molar-refractivity contribution in [2.24, 2.45) is 5.92 Å². The zero-order valence-electron chi connectivity index (χ0n) is 18.4. The highest BCUT2D eigenvalue weighted by molar-refractivity contribution is 5.70. The van der Waals surface area contributed by atoms with Gasteiger partial charge in [-0.25, -0.2) is 4.79 Å². The monoisotopic (exact) mass is 447 g/mol. The molecule has 0 aliphatic carbocycles. The molecule has 0 radical (unpaired) electrons. The first-order chi connectivity index (χ1) is 14.4. The van der Waals surface area contributed by atoms with Crippen molar-refractivity contribution < 1.29 is 52.4 Å². The van der Waals surface area contributed by atoms with Crippen molar-refractivity contribution in [3.63, 3.8) is 0 Å². The Morgan fingerprint density at radius 3 is 1.84 bits per heavy atom. The lowest BCUT2D eigenvalue weighted by atomic mass is 9.96. The number of alkyl carbamates (subject to hydrolysis) is 1. The van der Waals surface area contributed by atoms with Crippen molar-refractivity contribution >= 4 is 30.0 Å². The Kier molecular flexibility index (Phi) is 10.2. The molecule has 12 nitrogen and oxygen atoms in total. The molecule has 0 aromatic heterocycles. The average Bonchev–Trinajstić information content (AvgIpc) is 2.62. The van der Waals surface area contributed by atoms with Gasteiger partial charge in [0, 0.05) is 27.7 Å². The zero-order valence-corrected chi connectivity index (χ0v) is 18.4. The van der Waals surface area contributed by atoms with Crippen molar-refractivity contribution in [3.05, 3.63) is 0 Å². The quantitative estimate of drug-likeness (QED) is 0.407. The van der Waals surface area contributed by atoms with Crippen LogP contribution in [0.5, 0.6) is 0 Å². The number of amides is 1. The number of carbonyl (C=O) groups excluding carboxylic acids is 5. The summed E-state index contributed by atoms with van der Waals surface area (Å²) in [6.45, 7) is 7.85.